The average Bonchev–Trinajstić information content (AvgIpc) is 2.99. The van der Waals surface area contributed by atoms with Gasteiger partial charge in [-0.05, 0) is 43.7 Å². The van der Waals surface area contributed by atoms with E-state index in [0.717, 1.165) is 19.6 Å². The second-order valence-electron chi connectivity index (χ2n) is 9.35. The zero-order valence-electron chi connectivity index (χ0n) is 18.3. The first-order valence-electron chi connectivity index (χ1n) is 11.2. The van der Waals surface area contributed by atoms with Crippen LogP contribution in [0.2, 0.25) is 0 Å². The summed E-state index contributed by atoms with van der Waals surface area (Å²) in [4.78, 5) is 30.1. The van der Waals surface area contributed by atoms with E-state index in [4.69, 9.17) is 0 Å². The number of nitrogens with one attached hydrogen (secondary N) is 1. The lowest BCUT2D eigenvalue weighted by Crippen LogP contribution is -2.56. The first kappa shape index (κ1) is 22.2. The Hall–Kier alpha value is -1.97. The molecule has 3 aliphatic heterocycles. The molecule has 4 rings (SSSR count). The summed E-state index contributed by atoms with van der Waals surface area (Å²) in [5.41, 5.74) is -0.842. The standard InChI is InChI=1S/C22H32N4O4S/c1-17(2)15-24-13-10-22(11-14-24)20(27)26(21(28)23-22)18-7-6-12-25(16-18)31(29,30)19-8-4-3-5-9-19/h3-5,8-9,17-18H,6-7,10-16H2,1-2H3,(H,23,28)/t18-/m1/s1. The van der Waals surface area contributed by atoms with Crippen molar-refractivity contribution in [3.8, 4) is 0 Å². The van der Waals surface area contributed by atoms with E-state index in [1.165, 1.54) is 9.21 Å². The molecule has 0 aliphatic carbocycles. The van der Waals surface area contributed by atoms with Gasteiger partial charge in [-0.2, -0.15) is 4.31 Å². The molecule has 1 N–H and O–H groups in total. The summed E-state index contributed by atoms with van der Waals surface area (Å²) >= 11 is 0. The molecule has 1 spiro atoms. The van der Waals surface area contributed by atoms with Crippen LogP contribution in [0.25, 0.3) is 0 Å². The van der Waals surface area contributed by atoms with Crippen LogP contribution in [0, 0.1) is 5.92 Å². The molecule has 0 unspecified atom stereocenters. The first-order chi connectivity index (χ1) is 14.7. The number of rotatable bonds is 5. The molecule has 3 aliphatic rings. The van der Waals surface area contributed by atoms with Crippen molar-refractivity contribution in [3.05, 3.63) is 30.3 Å². The van der Waals surface area contributed by atoms with Crippen LogP contribution in [-0.2, 0) is 14.8 Å². The van der Waals surface area contributed by atoms with Crippen LogP contribution in [0.4, 0.5) is 4.79 Å². The summed E-state index contributed by atoms with van der Waals surface area (Å²) in [5.74, 6) is 0.366. The van der Waals surface area contributed by atoms with Crippen LogP contribution < -0.4 is 5.32 Å². The first-order valence-corrected chi connectivity index (χ1v) is 12.6. The van der Waals surface area contributed by atoms with Gasteiger partial charge in [0.05, 0.1) is 10.9 Å². The Morgan fingerprint density at radius 2 is 1.77 bits per heavy atom. The number of imide groups is 1. The van der Waals surface area contributed by atoms with Gasteiger partial charge in [0.2, 0.25) is 10.0 Å². The lowest BCUT2D eigenvalue weighted by molar-refractivity contribution is -0.135. The van der Waals surface area contributed by atoms with Crippen LogP contribution in [-0.4, -0.2) is 78.8 Å². The lowest BCUT2D eigenvalue weighted by atomic mass is 9.86. The number of urea groups is 1. The number of likely N-dealkylation sites (tertiary alicyclic amines) is 1. The van der Waals surface area contributed by atoms with Crippen molar-refractivity contribution in [2.45, 2.75) is 56.0 Å². The lowest BCUT2D eigenvalue weighted by Gasteiger charge is -2.39. The van der Waals surface area contributed by atoms with Crippen LogP contribution in [0.1, 0.15) is 39.5 Å². The number of nitrogens with zero attached hydrogens (tertiary/aromatic N) is 3. The van der Waals surface area contributed by atoms with Gasteiger partial charge in [0.25, 0.3) is 5.91 Å². The highest BCUT2D eigenvalue weighted by atomic mass is 32.2. The number of hydrogen-bond donors (Lipinski definition) is 1. The normalized spacial score (nSPS) is 25.4. The molecule has 1 atom stereocenters. The molecule has 31 heavy (non-hydrogen) atoms. The summed E-state index contributed by atoms with van der Waals surface area (Å²) < 4.78 is 27.5. The highest BCUT2D eigenvalue weighted by Gasteiger charge is 2.54. The molecule has 3 saturated heterocycles. The molecule has 3 amide bonds. The molecule has 8 nitrogen and oxygen atoms in total. The molecule has 0 saturated carbocycles. The third kappa shape index (κ3) is 4.23. The van der Waals surface area contributed by atoms with Gasteiger partial charge in [-0.3, -0.25) is 9.69 Å². The molecular weight excluding hydrogens is 416 g/mol. The smallest absolute Gasteiger partial charge is 0.323 e. The molecule has 0 bridgehead atoms. The molecule has 9 heteroatoms. The van der Waals surface area contributed by atoms with E-state index >= 15 is 0 Å². The fraction of sp³-hybridized carbons (Fsp3) is 0.636. The van der Waals surface area contributed by atoms with E-state index in [1.54, 1.807) is 30.3 Å². The number of carbonyl (C=O) groups excluding carboxylic acids is 2. The molecular formula is C22H32N4O4S. The van der Waals surface area contributed by atoms with Gasteiger partial charge in [0, 0.05) is 32.7 Å². The van der Waals surface area contributed by atoms with E-state index in [1.807, 2.05) is 0 Å². The monoisotopic (exact) mass is 448 g/mol. The van der Waals surface area contributed by atoms with E-state index in [0.29, 0.717) is 38.1 Å². The van der Waals surface area contributed by atoms with Crippen LogP contribution in [0.15, 0.2) is 35.2 Å². The van der Waals surface area contributed by atoms with E-state index in [9.17, 15) is 18.0 Å². The van der Waals surface area contributed by atoms with Crippen LogP contribution >= 0.6 is 0 Å². The van der Waals surface area contributed by atoms with Crippen molar-refractivity contribution in [1.82, 2.24) is 19.4 Å². The minimum Gasteiger partial charge on any atom is -0.323 e. The number of sulfonamides is 1. The predicted molar refractivity (Wildman–Crippen MR) is 117 cm³/mol. The summed E-state index contributed by atoms with van der Waals surface area (Å²) in [6.07, 6.45) is 2.43. The van der Waals surface area contributed by atoms with E-state index in [-0.39, 0.29) is 23.4 Å². The molecule has 0 aromatic heterocycles. The summed E-state index contributed by atoms with van der Waals surface area (Å²) in [6.45, 7) is 7.42. The molecule has 3 heterocycles. The SMILES string of the molecule is CC(C)CN1CCC2(CC1)NC(=O)N([C@@H]1CCCN(S(=O)(=O)c3ccccc3)C1)C2=O. The zero-order chi connectivity index (χ0) is 22.2. The van der Waals surface area contributed by atoms with Gasteiger partial charge in [0.1, 0.15) is 5.54 Å². The van der Waals surface area contributed by atoms with Crippen molar-refractivity contribution < 1.29 is 18.0 Å². The third-order valence-corrected chi connectivity index (χ3v) is 8.51. The number of hydrogen-bond acceptors (Lipinski definition) is 5. The number of amides is 3. The van der Waals surface area contributed by atoms with Crippen molar-refractivity contribution >= 4 is 22.0 Å². The third-order valence-electron chi connectivity index (χ3n) is 6.63. The fourth-order valence-electron chi connectivity index (χ4n) is 5.04. The fourth-order valence-corrected chi connectivity index (χ4v) is 6.57. The van der Waals surface area contributed by atoms with E-state index < -0.39 is 21.6 Å². The van der Waals surface area contributed by atoms with E-state index in [2.05, 4.69) is 24.1 Å². The Balaban J connectivity index is 1.47. The highest BCUT2D eigenvalue weighted by Crippen LogP contribution is 2.33. The summed E-state index contributed by atoms with van der Waals surface area (Å²) in [5, 5.41) is 2.97. The van der Waals surface area contributed by atoms with Crippen molar-refractivity contribution in [3.63, 3.8) is 0 Å². The van der Waals surface area contributed by atoms with Gasteiger partial charge in [-0.25, -0.2) is 13.2 Å². The molecule has 1 aromatic rings. The Bertz CT molecular complexity index is 926. The maximum atomic E-state index is 13.4. The largest absolute Gasteiger partial charge is 0.325 e. The quantitative estimate of drug-likeness (QED) is 0.695. The van der Waals surface area contributed by atoms with Gasteiger partial charge in [-0.1, -0.05) is 32.0 Å². The predicted octanol–water partition coefficient (Wildman–Crippen LogP) is 1.88. The topological polar surface area (TPSA) is 90.0 Å². The van der Waals surface area contributed by atoms with Crippen molar-refractivity contribution in [2.75, 3.05) is 32.7 Å². The maximum Gasteiger partial charge on any atom is 0.325 e. The molecule has 3 fully saturated rings. The van der Waals surface area contributed by atoms with Gasteiger partial charge in [0.15, 0.2) is 0 Å². The van der Waals surface area contributed by atoms with Crippen LogP contribution in [0.3, 0.4) is 0 Å². The van der Waals surface area contributed by atoms with Crippen molar-refractivity contribution in [1.29, 1.82) is 0 Å². The second-order valence-corrected chi connectivity index (χ2v) is 11.3. The Morgan fingerprint density at radius 3 is 2.42 bits per heavy atom. The van der Waals surface area contributed by atoms with Gasteiger partial charge < -0.3 is 10.2 Å². The molecule has 170 valence electrons. The Morgan fingerprint density at radius 1 is 1.10 bits per heavy atom. The Labute approximate surface area is 184 Å². The van der Waals surface area contributed by atoms with Gasteiger partial charge >= 0.3 is 6.03 Å². The minimum absolute atomic E-state index is 0.145. The maximum absolute atomic E-state index is 13.4. The minimum atomic E-state index is -3.65. The van der Waals surface area contributed by atoms with Gasteiger partial charge in [-0.15, -0.1) is 0 Å². The van der Waals surface area contributed by atoms with Crippen molar-refractivity contribution in [2.24, 2.45) is 5.92 Å². The number of benzene rings is 1. The zero-order valence-corrected chi connectivity index (χ0v) is 19.1. The summed E-state index contributed by atoms with van der Waals surface area (Å²) in [6, 6.07) is 7.50. The number of piperidine rings is 2. The Kier molecular flexibility index (Phi) is 6.11. The average molecular weight is 449 g/mol. The molecule has 0 radical (unpaired) electrons. The second kappa shape index (κ2) is 8.52. The summed E-state index contributed by atoms with van der Waals surface area (Å²) in [7, 11) is -3.65. The molecule has 1 aromatic carbocycles. The highest BCUT2D eigenvalue weighted by molar-refractivity contribution is 7.89. The number of carbonyl (C=O) groups is 2. The van der Waals surface area contributed by atoms with Crippen LogP contribution in [0.5, 0.6) is 0 Å².